The van der Waals surface area contributed by atoms with Crippen LogP contribution < -0.4 is 14.3 Å². The van der Waals surface area contributed by atoms with Crippen molar-refractivity contribution >= 4 is 27.5 Å². The lowest BCUT2D eigenvalue weighted by Crippen LogP contribution is -2.20. The standard InChI is InChI=1S/C22H24N2O4S/c1-4-26-8-7-24-17-9-14(2)15(3)10-20(17)29-22(24)23-21(25)12-16-5-6-18-19(11-16)28-13-27-18/h5-6,9-11H,4,7-8,12-13H2,1-3H3. The summed E-state index contributed by atoms with van der Waals surface area (Å²) >= 11 is 1.54. The molecule has 1 amide bonds. The summed E-state index contributed by atoms with van der Waals surface area (Å²) in [6.45, 7) is 8.30. The first-order valence-electron chi connectivity index (χ1n) is 9.69. The van der Waals surface area contributed by atoms with Crippen LogP contribution in [-0.2, 0) is 22.5 Å². The lowest BCUT2D eigenvalue weighted by molar-refractivity contribution is -0.117. The van der Waals surface area contributed by atoms with Crippen LogP contribution in [0, 0.1) is 13.8 Å². The van der Waals surface area contributed by atoms with Gasteiger partial charge in [-0.3, -0.25) is 4.79 Å². The minimum Gasteiger partial charge on any atom is -0.454 e. The molecule has 0 radical (unpaired) electrons. The van der Waals surface area contributed by atoms with Crippen LogP contribution in [0.1, 0.15) is 23.6 Å². The molecule has 1 aromatic heterocycles. The van der Waals surface area contributed by atoms with Crippen molar-refractivity contribution in [3.8, 4) is 11.5 Å². The molecular weight excluding hydrogens is 388 g/mol. The van der Waals surface area contributed by atoms with Crippen LogP contribution in [0.4, 0.5) is 0 Å². The van der Waals surface area contributed by atoms with Crippen LogP contribution in [0.3, 0.4) is 0 Å². The summed E-state index contributed by atoms with van der Waals surface area (Å²) in [4.78, 5) is 17.8. The number of amides is 1. The van der Waals surface area contributed by atoms with Gasteiger partial charge in [0.05, 0.1) is 23.2 Å². The summed E-state index contributed by atoms with van der Waals surface area (Å²) in [5, 5.41) is 0. The van der Waals surface area contributed by atoms with Gasteiger partial charge in [0.1, 0.15) is 0 Å². The highest BCUT2D eigenvalue weighted by Gasteiger charge is 2.15. The second-order valence-electron chi connectivity index (χ2n) is 7.01. The maximum absolute atomic E-state index is 12.7. The topological polar surface area (TPSA) is 62.1 Å². The Morgan fingerprint density at radius 1 is 1.17 bits per heavy atom. The number of thiazole rings is 1. The number of carbonyl (C=O) groups is 1. The lowest BCUT2D eigenvalue weighted by atomic mass is 10.1. The van der Waals surface area contributed by atoms with Gasteiger partial charge in [0.15, 0.2) is 16.3 Å². The number of hydrogen-bond donors (Lipinski definition) is 0. The van der Waals surface area contributed by atoms with E-state index in [1.807, 2.05) is 25.1 Å². The normalized spacial score (nSPS) is 13.4. The molecule has 0 bridgehead atoms. The van der Waals surface area contributed by atoms with E-state index in [0.717, 1.165) is 15.8 Å². The summed E-state index contributed by atoms with van der Waals surface area (Å²) in [5.74, 6) is 1.20. The summed E-state index contributed by atoms with van der Waals surface area (Å²) in [6, 6.07) is 9.87. The zero-order valence-corrected chi connectivity index (χ0v) is 17.7. The van der Waals surface area contributed by atoms with E-state index in [1.54, 1.807) is 0 Å². The van der Waals surface area contributed by atoms with Crippen molar-refractivity contribution in [2.24, 2.45) is 4.99 Å². The SMILES string of the molecule is CCOCCn1c(=NC(=O)Cc2ccc3c(c2)OCO3)sc2cc(C)c(C)cc21. The molecule has 3 aromatic rings. The summed E-state index contributed by atoms with van der Waals surface area (Å²) < 4.78 is 19.5. The predicted octanol–water partition coefficient (Wildman–Crippen LogP) is 3.75. The van der Waals surface area contributed by atoms with Gasteiger partial charge in [-0.25, -0.2) is 0 Å². The molecule has 1 aliphatic rings. The van der Waals surface area contributed by atoms with E-state index in [0.29, 0.717) is 36.1 Å². The highest BCUT2D eigenvalue weighted by molar-refractivity contribution is 7.16. The number of benzene rings is 2. The van der Waals surface area contributed by atoms with Gasteiger partial charge in [-0.15, -0.1) is 0 Å². The monoisotopic (exact) mass is 412 g/mol. The van der Waals surface area contributed by atoms with Crippen molar-refractivity contribution in [3.05, 3.63) is 51.8 Å². The van der Waals surface area contributed by atoms with Crippen molar-refractivity contribution in [2.75, 3.05) is 20.0 Å². The number of aryl methyl sites for hydroxylation is 2. The number of ether oxygens (including phenoxy) is 3. The van der Waals surface area contributed by atoms with Crippen LogP contribution in [0.15, 0.2) is 35.3 Å². The van der Waals surface area contributed by atoms with Gasteiger partial charge in [0.25, 0.3) is 5.91 Å². The maximum atomic E-state index is 12.7. The molecule has 0 saturated carbocycles. The molecule has 1 aliphatic heterocycles. The molecule has 0 fully saturated rings. The smallest absolute Gasteiger partial charge is 0.252 e. The van der Waals surface area contributed by atoms with Crippen molar-refractivity contribution < 1.29 is 19.0 Å². The van der Waals surface area contributed by atoms with Crippen molar-refractivity contribution in [1.82, 2.24) is 4.57 Å². The first-order valence-corrected chi connectivity index (χ1v) is 10.5. The van der Waals surface area contributed by atoms with Gasteiger partial charge < -0.3 is 18.8 Å². The Bertz CT molecular complexity index is 1130. The average molecular weight is 413 g/mol. The van der Waals surface area contributed by atoms with Gasteiger partial charge >= 0.3 is 0 Å². The molecule has 0 N–H and O–H groups in total. The largest absolute Gasteiger partial charge is 0.454 e. The van der Waals surface area contributed by atoms with Gasteiger partial charge in [0.2, 0.25) is 6.79 Å². The number of carbonyl (C=O) groups excluding carboxylic acids is 1. The van der Waals surface area contributed by atoms with Crippen LogP contribution >= 0.6 is 11.3 Å². The van der Waals surface area contributed by atoms with Crippen molar-refractivity contribution in [2.45, 2.75) is 33.7 Å². The Morgan fingerprint density at radius 2 is 1.97 bits per heavy atom. The highest BCUT2D eigenvalue weighted by Crippen LogP contribution is 2.32. The minimum atomic E-state index is -0.186. The summed E-state index contributed by atoms with van der Waals surface area (Å²) in [6.07, 6.45) is 0.217. The van der Waals surface area contributed by atoms with Crippen LogP contribution in [0.25, 0.3) is 10.2 Å². The zero-order valence-electron chi connectivity index (χ0n) is 16.9. The van der Waals surface area contributed by atoms with E-state index >= 15 is 0 Å². The molecule has 152 valence electrons. The van der Waals surface area contributed by atoms with E-state index in [9.17, 15) is 4.79 Å². The van der Waals surface area contributed by atoms with Gasteiger partial charge in [0, 0.05) is 13.2 Å². The number of aromatic nitrogens is 1. The molecule has 0 spiro atoms. The first-order chi connectivity index (χ1) is 14.0. The van der Waals surface area contributed by atoms with E-state index < -0.39 is 0 Å². The molecule has 2 heterocycles. The molecular formula is C22H24N2O4S. The molecule has 6 nitrogen and oxygen atoms in total. The lowest BCUT2D eigenvalue weighted by Gasteiger charge is -2.07. The molecule has 4 rings (SSSR count). The molecule has 0 saturated heterocycles. The second-order valence-corrected chi connectivity index (χ2v) is 8.02. The van der Waals surface area contributed by atoms with E-state index in [4.69, 9.17) is 14.2 Å². The summed E-state index contributed by atoms with van der Waals surface area (Å²) in [7, 11) is 0. The number of fused-ring (bicyclic) bond motifs is 2. The Kier molecular flexibility index (Phi) is 5.69. The number of rotatable bonds is 6. The third-order valence-electron chi connectivity index (χ3n) is 4.97. The van der Waals surface area contributed by atoms with Gasteiger partial charge in [-0.1, -0.05) is 17.4 Å². The highest BCUT2D eigenvalue weighted by atomic mass is 32.1. The zero-order chi connectivity index (χ0) is 20.4. The maximum Gasteiger partial charge on any atom is 0.252 e. The summed E-state index contributed by atoms with van der Waals surface area (Å²) in [5.41, 5.74) is 4.40. The average Bonchev–Trinajstić information content (AvgIpc) is 3.27. The molecule has 0 unspecified atom stereocenters. The Labute approximate surface area is 173 Å². The molecule has 0 atom stereocenters. The minimum absolute atomic E-state index is 0.186. The fraction of sp³-hybridized carbons (Fsp3) is 0.364. The van der Waals surface area contributed by atoms with Crippen LogP contribution in [0.2, 0.25) is 0 Å². The fourth-order valence-electron chi connectivity index (χ4n) is 3.29. The van der Waals surface area contributed by atoms with Crippen molar-refractivity contribution in [1.29, 1.82) is 0 Å². The predicted molar refractivity (Wildman–Crippen MR) is 113 cm³/mol. The fourth-order valence-corrected chi connectivity index (χ4v) is 4.45. The van der Waals surface area contributed by atoms with Crippen molar-refractivity contribution in [3.63, 3.8) is 0 Å². The third kappa shape index (κ3) is 4.21. The first kappa shape index (κ1) is 19.7. The number of hydrogen-bond acceptors (Lipinski definition) is 5. The molecule has 0 aliphatic carbocycles. The molecule has 2 aromatic carbocycles. The Morgan fingerprint density at radius 3 is 2.79 bits per heavy atom. The second kappa shape index (κ2) is 8.39. The van der Waals surface area contributed by atoms with Crippen LogP contribution in [-0.4, -0.2) is 30.5 Å². The third-order valence-corrected chi connectivity index (χ3v) is 6.02. The Hall–Kier alpha value is -2.64. The Balaban J connectivity index is 1.66. The van der Waals surface area contributed by atoms with E-state index in [2.05, 4.69) is 35.5 Å². The quantitative estimate of drug-likeness (QED) is 0.579. The van der Waals surface area contributed by atoms with E-state index in [-0.39, 0.29) is 19.1 Å². The van der Waals surface area contributed by atoms with Gasteiger partial charge in [-0.2, -0.15) is 4.99 Å². The molecule has 29 heavy (non-hydrogen) atoms. The van der Waals surface area contributed by atoms with E-state index in [1.165, 1.54) is 22.5 Å². The number of nitrogens with zero attached hydrogens (tertiary/aromatic N) is 2. The van der Waals surface area contributed by atoms with Gasteiger partial charge in [-0.05, 0) is 61.7 Å². The molecule has 7 heteroatoms. The van der Waals surface area contributed by atoms with Crippen LogP contribution in [0.5, 0.6) is 11.5 Å².